The molecule has 1 aromatic rings. The molecule has 1 aliphatic rings. The third-order valence-corrected chi connectivity index (χ3v) is 5.08. The minimum atomic E-state index is -3.72. The highest BCUT2D eigenvalue weighted by atomic mass is 32.2. The predicted octanol–water partition coefficient (Wildman–Crippen LogP) is 2.11. The van der Waals surface area contributed by atoms with Gasteiger partial charge in [-0.3, -0.25) is 4.18 Å². The Morgan fingerprint density at radius 1 is 1.32 bits per heavy atom. The van der Waals surface area contributed by atoms with Crippen LogP contribution in [0, 0.1) is 18.3 Å². The summed E-state index contributed by atoms with van der Waals surface area (Å²) in [6.07, 6.45) is 0.276. The van der Waals surface area contributed by atoms with Gasteiger partial charge in [-0.2, -0.15) is 8.42 Å². The van der Waals surface area contributed by atoms with Gasteiger partial charge in [0.1, 0.15) is 0 Å². The summed E-state index contributed by atoms with van der Waals surface area (Å²) >= 11 is 0. The molecule has 0 aliphatic heterocycles. The highest BCUT2D eigenvalue weighted by molar-refractivity contribution is 7.86. The largest absolute Gasteiger partial charge is 0.392 e. The average Bonchev–Trinajstić information content (AvgIpc) is 2.34. The van der Waals surface area contributed by atoms with Crippen molar-refractivity contribution in [1.82, 2.24) is 0 Å². The van der Waals surface area contributed by atoms with E-state index in [1.807, 2.05) is 20.8 Å². The molecule has 1 aromatic carbocycles. The van der Waals surface area contributed by atoms with Crippen LogP contribution in [-0.4, -0.2) is 26.2 Å². The maximum Gasteiger partial charge on any atom is 0.296 e. The molecule has 0 unspecified atom stereocenters. The Morgan fingerprint density at radius 2 is 1.89 bits per heavy atom. The number of benzene rings is 1. The fourth-order valence-corrected chi connectivity index (χ4v) is 3.45. The number of aliphatic hydroxyl groups is 1. The summed E-state index contributed by atoms with van der Waals surface area (Å²) < 4.78 is 28.9. The van der Waals surface area contributed by atoms with Crippen LogP contribution in [0.1, 0.15) is 25.8 Å². The van der Waals surface area contributed by atoms with Crippen molar-refractivity contribution in [1.29, 1.82) is 0 Å². The highest BCUT2D eigenvalue weighted by Gasteiger charge is 2.46. The fourth-order valence-electron chi connectivity index (χ4n) is 2.49. The lowest BCUT2D eigenvalue weighted by atomic mass is 9.62. The summed E-state index contributed by atoms with van der Waals surface area (Å²) in [5.41, 5.74) is 0.858. The molecule has 2 rings (SSSR count). The van der Waals surface area contributed by atoms with E-state index in [0.717, 1.165) is 12.0 Å². The Bertz CT molecular complexity index is 545. The van der Waals surface area contributed by atoms with E-state index in [-0.39, 0.29) is 22.8 Å². The van der Waals surface area contributed by atoms with Crippen LogP contribution in [0.15, 0.2) is 29.2 Å². The van der Waals surface area contributed by atoms with E-state index in [2.05, 4.69) is 0 Å². The molecular weight excluding hydrogens is 264 g/mol. The van der Waals surface area contributed by atoms with Crippen molar-refractivity contribution >= 4 is 10.1 Å². The molecule has 0 heterocycles. The molecule has 4 nitrogen and oxygen atoms in total. The van der Waals surface area contributed by atoms with Gasteiger partial charge in [-0.1, -0.05) is 31.5 Å². The molecule has 0 radical (unpaired) electrons. The zero-order valence-electron chi connectivity index (χ0n) is 11.5. The van der Waals surface area contributed by atoms with E-state index in [9.17, 15) is 13.5 Å². The number of hydrogen-bond acceptors (Lipinski definition) is 4. The van der Waals surface area contributed by atoms with E-state index in [0.29, 0.717) is 0 Å². The van der Waals surface area contributed by atoms with E-state index in [1.165, 1.54) is 12.1 Å². The van der Waals surface area contributed by atoms with Gasteiger partial charge in [-0.05, 0) is 30.9 Å². The Labute approximate surface area is 114 Å². The van der Waals surface area contributed by atoms with Gasteiger partial charge in [0.05, 0.1) is 17.6 Å². The van der Waals surface area contributed by atoms with Gasteiger partial charge < -0.3 is 5.11 Å². The third-order valence-electron chi connectivity index (χ3n) is 3.78. The SMILES string of the molecule is Cc1ccc(S(=O)(=O)OC[C@@H]2CC(C)(C)[C@@H]2O)cc1. The first-order valence-electron chi connectivity index (χ1n) is 6.36. The van der Waals surface area contributed by atoms with Crippen molar-refractivity contribution in [3.8, 4) is 0 Å². The second-order valence-electron chi connectivity index (χ2n) is 5.95. The molecule has 2 atom stereocenters. The number of aryl methyl sites for hydroxylation is 1. The molecule has 19 heavy (non-hydrogen) atoms. The van der Waals surface area contributed by atoms with Gasteiger partial charge in [-0.25, -0.2) is 0 Å². The van der Waals surface area contributed by atoms with E-state index < -0.39 is 16.2 Å². The first-order chi connectivity index (χ1) is 8.72. The van der Waals surface area contributed by atoms with Crippen LogP contribution in [0.25, 0.3) is 0 Å². The van der Waals surface area contributed by atoms with E-state index in [4.69, 9.17) is 4.18 Å². The standard InChI is InChI=1S/C14H20O4S/c1-10-4-6-12(7-5-10)19(16,17)18-9-11-8-14(2,3)13(11)15/h4-7,11,13,15H,8-9H2,1-3H3/t11-,13+/m0/s1. The summed E-state index contributed by atoms with van der Waals surface area (Å²) in [5.74, 6) is -0.102. The van der Waals surface area contributed by atoms with Gasteiger partial charge in [0.25, 0.3) is 10.1 Å². The quantitative estimate of drug-likeness (QED) is 0.860. The van der Waals surface area contributed by atoms with Crippen molar-refractivity contribution in [2.75, 3.05) is 6.61 Å². The zero-order chi connectivity index (χ0) is 14.3. The lowest BCUT2D eigenvalue weighted by molar-refractivity contribution is -0.111. The van der Waals surface area contributed by atoms with Crippen LogP contribution >= 0.6 is 0 Å². The summed E-state index contributed by atoms with van der Waals surface area (Å²) in [7, 11) is -3.72. The number of aliphatic hydroxyl groups excluding tert-OH is 1. The molecule has 0 bridgehead atoms. The summed E-state index contributed by atoms with van der Waals surface area (Å²) in [5, 5.41) is 9.86. The molecule has 1 fully saturated rings. The van der Waals surface area contributed by atoms with Crippen LogP contribution < -0.4 is 0 Å². The lowest BCUT2D eigenvalue weighted by Crippen LogP contribution is -2.50. The molecule has 0 aromatic heterocycles. The summed E-state index contributed by atoms with van der Waals surface area (Å²) in [6, 6.07) is 6.53. The van der Waals surface area contributed by atoms with Crippen molar-refractivity contribution in [3.63, 3.8) is 0 Å². The Balaban J connectivity index is 1.98. The molecule has 1 saturated carbocycles. The van der Waals surface area contributed by atoms with Gasteiger partial charge in [0.15, 0.2) is 0 Å². The molecule has 1 N–H and O–H groups in total. The molecule has 0 saturated heterocycles. The maximum absolute atomic E-state index is 12.0. The van der Waals surface area contributed by atoms with Crippen LogP contribution in [0.4, 0.5) is 0 Å². The minimum Gasteiger partial charge on any atom is -0.392 e. The Morgan fingerprint density at radius 3 is 2.37 bits per heavy atom. The fraction of sp³-hybridized carbons (Fsp3) is 0.571. The van der Waals surface area contributed by atoms with Crippen molar-refractivity contribution in [2.24, 2.45) is 11.3 Å². The molecule has 1 aliphatic carbocycles. The second kappa shape index (κ2) is 4.89. The van der Waals surface area contributed by atoms with Gasteiger partial charge in [0, 0.05) is 5.92 Å². The van der Waals surface area contributed by atoms with Gasteiger partial charge in [0.2, 0.25) is 0 Å². The van der Waals surface area contributed by atoms with Crippen molar-refractivity contribution < 1.29 is 17.7 Å². The zero-order valence-corrected chi connectivity index (χ0v) is 12.3. The van der Waals surface area contributed by atoms with Crippen molar-refractivity contribution in [3.05, 3.63) is 29.8 Å². The molecule has 0 amide bonds. The van der Waals surface area contributed by atoms with Crippen LogP contribution in [-0.2, 0) is 14.3 Å². The smallest absolute Gasteiger partial charge is 0.296 e. The topological polar surface area (TPSA) is 63.6 Å². The Kier molecular flexibility index (Phi) is 3.73. The normalized spacial score (nSPS) is 25.9. The van der Waals surface area contributed by atoms with Crippen LogP contribution in [0.3, 0.4) is 0 Å². The first-order valence-corrected chi connectivity index (χ1v) is 7.77. The van der Waals surface area contributed by atoms with Crippen LogP contribution in [0.5, 0.6) is 0 Å². The van der Waals surface area contributed by atoms with Gasteiger partial charge >= 0.3 is 0 Å². The average molecular weight is 284 g/mol. The predicted molar refractivity (Wildman–Crippen MR) is 72.2 cm³/mol. The Hall–Kier alpha value is -0.910. The highest BCUT2D eigenvalue weighted by Crippen LogP contribution is 2.45. The summed E-state index contributed by atoms with van der Waals surface area (Å²) in [4.78, 5) is 0.158. The van der Waals surface area contributed by atoms with E-state index >= 15 is 0 Å². The molecular formula is C14H20O4S. The number of hydrogen-bond donors (Lipinski definition) is 1. The summed E-state index contributed by atoms with van der Waals surface area (Å²) in [6.45, 7) is 5.86. The number of rotatable bonds is 4. The molecule has 5 heteroatoms. The monoisotopic (exact) mass is 284 g/mol. The van der Waals surface area contributed by atoms with Crippen molar-refractivity contribution in [2.45, 2.75) is 38.2 Å². The third kappa shape index (κ3) is 2.99. The molecule has 0 spiro atoms. The van der Waals surface area contributed by atoms with Crippen LogP contribution in [0.2, 0.25) is 0 Å². The maximum atomic E-state index is 12.0. The lowest BCUT2D eigenvalue weighted by Gasteiger charge is -2.47. The first kappa shape index (κ1) is 14.5. The molecule has 106 valence electrons. The van der Waals surface area contributed by atoms with Gasteiger partial charge in [-0.15, -0.1) is 0 Å². The second-order valence-corrected chi connectivity index (χ2v) is 7.56. The van der Waals surface area contributed by atoms with E-state index in [1.54, 1.807) is 12.1 Å². The minimum absolute atomic E-state index is 0.0425.